The van der Waals surface area contributed by atoms with Crippen molar-refractivity contribution in [2.24, 2.45) is 0 Å². The van der Waals surface area contributed by atoms with Crippen LogP contribution >= 0.6 is 23.2 Å². The summed E-state index contributed by atoms with van der Waals surface area (Å²) in [5.74, 6) is 0.989. The van der Waals surface area contributed by atoms with E-state index < -0.39 is 0 Å². The molecule has 0 aliphatic heterocycles. The number of rotatable bonds is 4. The van der Waals surface area contributed by atoms with Crippen LogP contribution < -0.4 is 5.32 Å². The molecule has 0 bridgehead atoms. The molecule has 1 heterocycles. The van der Waals surface area contributed by atoms with E-state index in [1.54, 1.807) is 6.07 Å². The van der Waals surface area contributed by atoms with E-state index in [1.165, 1.54) is 18.4 Å². The van der Waals surface area contributed by atoms with Gasteiger partial charge in [0.25, 0.3) is 0 Å². The smallest absolute Gasteiger partial charge is 0.137 e. The molecule has 2 nitrogen and oxygen atoms in total. The Morgan fingerprint density at radius 2 is 2.11 bits per heavy atom. The normalized spacial score (nSPS) is 15.5. The van der Waals surface area contributed by atoms with Gasteiger partial charge in [0.05, 0.1) is 11.6 Å². The number of halogens is 2. The minimum atomic E-state index is 0.616. The molecule has 0 amide bonds. The van der Waals surface area contributed by atoms with Crippen LogP contribution in [0.4, 0.5) is 0 Å². The van der Waals surface area contributed by atoms with Crippen molar-refractivity contribution in [3.05, 3.63) is 33.5 Å². The highest BCUT2D eigenvalue weighted by molar-refractivity contribution is 6.38. The summed E-state index contributed by atoms with van der Waals surface area (Å²) in [6, 6.07) is 4.28. The fourth-order valence-corrected chi connectivity index (χ4v) is 2.89. The van der Waals surface area contributed by atoms with E-state index in [4.69, 9.17) is 27.6 Å². The molecular formula is C14H15Cl2NO. The second-order valence-corrected chi connectivity index (χ2v) is 5.62. The number of benzene rings is 1. The molecule has 4 heteroatoms. The summed E-state index contributed by atoms with van der Waals surface area (Å²) >= 11 is 12.3. The highest BCUT2D eigenvalue weighted by Gasteiger charge is 2.22. The number of hydrogen-bond acceptors (Lipinski definition) is 2. The zero-order valence-electron chi connectivity index (χ0n) is 10.2. The van der Waals surface area contributed by atoms with Crippen molar-refractivity contribution in [2.45, 2.75) is 38.8 Å². The van der Waals surface area contributed by atoms with Gasteiger partial charge in [-0.3, -0.25) is 0 Å². The molecule has 1 aromatic heterocycles. The van der Waals surface area contributed by atoms with Gasteiger partial charge < -0.3 is 9.73 Å². The molecule has 96 valence electrons. The van der Waals surface area contributed by atoms with Crippen LogP contribution in [0.15, 0.2) is 16.5 Å². The Labute approximate surface area is 116 Å². The molecule has 1 saturated carbocycles. The van der Waals surface area contributed by atoms with Crippen molar-refractivity contribution in [1.82, 2.24) is 5.32 Å². The summed E-state index contributed by atoms with van der Waals surface area (Å²) in [5, 5.41) is 5.78. The first-order chi connectivity index (χ1) is 8.69. The van der Waals surface area contributed by atoms with Crippen LogP contribution in [-0.2, 0) is 13.0 Å². The lowest BCUT2D eigenvalue weighted by Crippen LogP contribution is -2.15. The average molecular weight is 284 g/mol. The van der Waals surface area contributed by atoms with E-state index >= 15 is 0 Å². The predicted octanol–water partition coefficient (Wildman–Crippen LogP) is 4.55. The monoisotopic (exact) mass is 283 g/mol. The Balaban J connectivity index is 2.04. The molecule has 2 aromatic rings. The SMILES string of the molecule is CCc1c(CNC2CC2)oc2cc(Cl)cc(Cl)c12. The van der Waals surface area contributed by atoms with Crippen molar-refractivity contribution < 1.29 is 4.42 Å². The molecule has 0 saturated heterocycles. The summed E-state index contributed by atoms with van der Waals surface area (Å²) in [5.41, 5.74) is 1.98. The van der Waals surface area contributed by atoms with Crippen molar-refractivity contribution >= 4 is 34.2 Å². The minimum Gasteiger partial charge on any atom is -0.459 e. The average Bonchev–Trinajstić information content (AvgIpc) is 3.07. The molecule has 0 spiro atoms. The fourth-order valence-electron chi connectivity index (χ4n) is 2.30. The van der Waals surface area contributed by atoms with Crippen LogP contribution in [0.5, 0.6) is 0 Å². The van der Waals surface area contributed by atoms with Crippen LogP contribution in [0, 0.1) is 0 Å². The second-order valence-electron chi connectivity index (χ2n) is 4.77. The Bertz CT molecular complexity index is 587. The quantitative estimate of drug-likeness (QED) is 0.890. The van der Waals surface area contributed by atoms with Crippen molar-refractivity contribution in [3.63, 3.8) is 0 Å². The standard InChI is InChI=1S/C14H15Cl2NO/c1-2-10-13(7-17-9-3-4-9)18-12-6-8(15)5-11(16)14(10)12/h5-6,9,17H,2-4,7H2,1H3. The lowest BCUT2D eigenvalue weighted by atomic mass is 10.1. The van der Waals surface area contributed by atoms with E-state index in [9.17, 15) is 0 Å². The third kappa shape index (κ3) is 2.25. The van der Waals surface area contributed by atoms with Gasteiger partial charge in [-0.2, -0.15) is 0 Å². The molecule has 1 fully saturated rings. The van der Waals surface area contributed by atoms with Crippen LogP contribution in [0.1, 0.15) is 31.1 Å². The largest absolute Gasteiger partial charge is 0.459 e. The van der Waals surface area contributed by atoms with Gasteiger partial charge in [-0.25, -0.2) is 0 Å². The molecule has 0 unspecified atom stereocenters. The van der Waals surface area contributed by atoms with Crippen molar-refractivity contribution in [1.29, 1.82) is 0 Å². The lowest BCUT2D eigenvalue weighted by molar-refractivity contribution is 0.507. The van der Waals surface area contributed by atoms with Crippen LogP contribution in [0.3, 0.4) is 0 Å². The summed E-state index contributed by atoms with van der Waals surface area (Å²) in [7, 11) is 0. The van der Waals surface area contributed by atoms with Gasteiger partial charge in [-0.15, -0.1) is 0 Å². The van der Waals surface area contributed by atoms with Crippen molar-refractivity contribution in [3.8, 4) is 0 Å². The fraction of sp³-hybridized carbons (Fsp3) is 0.429. The highest BCUT2D eigenvalue weighted by atomic mass is 35.5. The summed E-state index contributed by atoms with van der Waals surface area (Å²) in [4.78, 5) is 0. The minimum absolute atomic E-state index is 0.616. The molecular weight excluding hydrogens is 269 g/mol. The molecule has 0 atom stereocenters. The topological polar surface area (TPSA) is 25.2 Å². The van der Waals surface area contributed by atoms with E-state index in [0.717, 1.165) is 29.7 Å². The Kier molecular flexibility index (Phi) is 3.27. The molecule has 1 aliphatic carbocycles. The molecule has 1 aromatic carbocycles. The number of fused-ring (bicyclic) bond motifs is 1. The Hall–Kier alpha value is -0.700. The Morgan fingerprint density at radius 3 is 2.78 bits per heavy atom. The maximum absolute atomic E-state index is 6.27. The zero-order chi connectivity index (χ0) is 12.7. The van der Waals surface area contributed by atoms with Gasteiger partial charge in [0.1, 0.15) is 11.3 Å². The van der Waals surface area contributed by atoms with Gasteiger partial charge in [0, 0.05) is 28.1 Å². The van der Waals surface area contributed by atoms with Crippen molar-refractivity contribution in [2.75, 3.05) is 0 Å². The highest BCUT2D eigenvalue weighted by Crippen LogP contribution is 2.35. The maximum Gasteiger partial charge on any atom is 0.137 e. The molecule has 3 rings (SSSR count). The van der Waals surface area contributed by atoms with Crippen LogP contribution in [0.2, 0.25) is 10.0 Å². The number of furan rings is 1. The number of nitrogens with one attached hydrogen (secondary N) is 1. The molecule has 18 heavy (non-hydrogen) atoms. The zero-order valence-corrected chi connectivity index (χ0v) is 11.7. The van der Waals surface area contributed by atoms with E-state index in [1.807, 2.05) is 6.07 Å². The molecule has 1 aliphatic rings. The predicted molar refractivity (Wildman–Crippen MR) is 75.5 cm³/mol. The number of hydrogen-bond donors (Lipinski definition) is 1. The first kappa shape index (κ1) is 12.3. The van der Waals surface area contributed by atoms with Gasteiger partial charge in [-0.1, -0.05) is 30.1 Å². The van der Waals surface area contributed by atoms with E-state index in [-0.39, 0.29) is 0 Å². The van der Waals surface area contributed by atoms with Gasteiger partial charge in [0.15, 0.2) is 0 Å². The Morgan fingerprint density at radius 1 is 1.33 bits per heavy atom. The van der Waals surface area contributed by atoms with Gasteiger partial charge in [0.2, 0.25) is 0 Å². The summed E-state index contributed by atoms with van der Waals surface area (Å²) in [6.45, 7) is 2.90. The van der Waals surface area contributed by atoms with Crippen LogP contribution in [-0.4, -0.2) is 6.04 Å². The summed E-state index contributed by atoms with van der Waals surface area (Å²) < 4.78 is 5.90. The maximum atomic E-state index is 6.27. The molecule has 0 radical (unpaired) electrons. The first-order valence-corrected chi connectivity index (χ1v) is 7.07. The third-order valence-corrected chi connectivity index (χ3v) is 3.89. The van der Waals surface area contributed by atoms with E-state index in [0.29, 0.717) is 16.1 Å². The second kappa shape index (κ2) is 4.76. The summed E-state index contributed by atoms with van der Waals surface area (Å²) in [6.07, 6.45) is 3.46. The van der Waals surface area contributed by atoms with Crippen LogP contribution in [0.25, 0.3) is 11.0 Å². The van der Waals surface area contributed by atoms with E-state index in [2.05, 4.69) is 12.2 Å². The van der Waals surface area contributed by atoms with Gasteiger partial charge in [-0.05, 0) is 25.3 Å². The third-order valence-electron chi connectivity index (χ3n) is 3.37. The number of aryl methyl sites for hydroxylation is 1. The first-order valence-electron chi connectivity index (χ1n) is 6.31. The lowest BCUT2D eigenvalue weighted by Gasteiger charge is -2.02. The molecule has 1 N–H and O–H groups in total. The van der Waals surface area contributed by atoms with Gasteiger partial charge >= 0.3 is 0 Å².